The minimum absolute atomic E-state index is 0.0359. The smallest absolute Gasteiger partial charge is 0.277 e. The molecule has 10 heteroatoms. The monoisotopic (exact) mass is 407 g/mol. The van der Waals surface area contributed by atoms with E-state index in [1.165, 1.54) is 21.5 Å². The summed E-state index contributed by atoms with van der Waals surface area (Å²) in [6.45, 7) is 0.830. The molecule has 0 aliphatic carbocycles. The Morgan fingerprint density at radius 1 is 1.08 bits per heavy atom. The normalized spacial score (nSPS) is 14.9. The fourth-order valence-electron chi connectivity index (χ4n) is 2.95. The molecule has 136 valence electrons. The molecule has 2 heterocycles. The summed E-state index contributed by atoms with van der Waals surface area (Å²) in [5, 5.41) is 0.127. The van der Waals surface area contributed by atoms with Gasteiger partial charge in [-0.25, -0.2) is 13.1 Å². The van der Waals surface area contributed by atoms with Crippen LogP contribution in [0.4, 0.5) is 10.1 Å². The van der Waals surface area contributed by atoms with Crippen molar-refractivity contribution < 1.29 is 12.8 Å². The van der Waals surface area contributed by atoms with Crippen molar-refractivity contribution in [2.24, 2.45) is 0 Å². The highest BCUT2D eigenvalue weighted by Gasteiger charge is 2.25. The van der Waals surface area contributed by atoms with E-state index in [9.17, 15) is 17.6 Å². The van der Waals surface area contributed by atoms with E-state index >= 15 is 0 Å². The standard InChI is InChI=1S/C15H16Cl2FN3O3S/c1-25(23,24)19-12-7-9(10(16)8-11(12)17)13-14(18)20-5-3-2-4-6-21(20)15(13)22/h7-8,19H,2-6H2,1H3. The van der Waals surface area contributed by atoms with Crippen LogP contribution >= 0.6 is 23.2 Å². The lowest BCUT2D eigenvalue weighted by atomic mass is 10.1. The van der Waals surface area contributed by atoms with Crippen molar-refractivity contribution in [3.8, 4) is 11.1 Å². The van der Waals surface area contributed by atoms with Crippen molar-refractivity contribution in [2.75, 3.05) is 11.0 Å². The predicted octanol–water partition coefficient (Wildman–Crippen LogP) is 3.32. The Hall–Kier alpha value is -1.51. The lowest BCUT2D eigenvalue weighted by Crippen LogP contribution is -2.22. The zero-order valence-corrected chi connectivity index (χ0v) is 15.7. The van der Waals surface area contributed by atoms with Crippen molar-refractivity contribution in [3.05, 3.63) is 38.5 Å². The van der Waals surface area contributed by atoms with Crippen LogP contribution in [-0.2, 0) is 23.1 Å². The summed E-state index contributed by atoms with van der Waals surface area (Å²) in [7, 11) is -3.60. The molecular formula is C15H16Cl2FN3O3S. The molecule has 6 nitrogen and oxygen atoms in total. The van der Waals surface area contributed by atoms with Gasteiger partial charge in [-0.05, 0) is 31.4 Å². The Morgan fingerprint density at radius 2 is 1.72 bits per heavy atom. The molecule has 0 unspecified atom stereocenters. The van der Waals surface area contributed by atoms with Crippen LogP contribution in [0.25, 0.3) is 11.1 Å². The molecule has 0 saturated heterocycles. The number of hydrogen-bond acceptors (Lipinski definition) is 3. The third-order valence-electron chi connectivity index (χ3n) is 4.03. The molecule has 1 N–H and O–H groups in total. The van der Waals surface area contributed by atoms with Crippen molar-refractivity contribution in [2.45, 2.75) is 32.4 Å². The van der Waals surface area contributed by atoms with Crippen LogP contribution in [0, 0.1) is 5.95 Å². The van der Waals surface area contributed by atoms with Gasteiger partial charge in [0.05, 0.1) is 22.0 Å². The SMILES string of the molecule is CS(=O)(=O)Nc1cc(-c2c(F)n3n(c2=O)CCCCC3)c(Cl)cc1Cl. The summed E-state index contributed by atoms with van der Waals surface area (Å²) >= 11 is 12.2. The lowest BCUT2D eigenvalue weighted by Gasteiger charge is -2.10. The van der Waals surface area contributed by atoms with E-state index < -0.39 is 21.5 Å². The molecule has 1 aromatic carbocycles. The maximum atomic E-state index is 14.9. The number of sulfonamides is 1. The number of aromatic nitrogens is 2. The minimum atomic E-state index is -3.60. The third-order valence-corrected chi connectivity index (χ3v) is 5.25. The average molecular weight is 408 g/mol. The fraction of sp³-hybridized carbons (Fsp3) is 0.400. The van der Waals surface area contributed by atoms with E-state index in [4.69, 9.17) is 23.2 Å². The maximum absolute atomic E-state index is 14.9. The number of rotatable bonds is 3. The summed E-state index contributed by atoms with van der Waals surface area (Å²) < 4.78 is 42.8. The number of anilines is 1. The van der Waals surface area contributed by atoms with Crippen LogP contribution in [0.2, 0.25) is 10.0 Å². The first-order valence-corrected chi connectivity index (χ1v) is 10.3. The number of fused-ring (bicyclic) bond motifs is 1. The Labute approximate surface area is 154 Å². The summed E-state index contributed by atoms with van der Waals surface area (Å²) in [4.78, 5) is 12.7. The Morgan fingerprint density at radius 3 is 2.36 bits per heavy atom. The Bertz CT molecular complexity index is 998. The van der Waals surface area contributed by atoms with Gasteiger partial charge in [0.25, 0.3) is 5.56 Å². The fourth-order valence-corrected chi connectivity index (χ4v) is 4.10. The van der Waals surface area contributed by atoms with E-state index in [1.807, 2.05) is 0 Å². The molecule has 25 heavy (non-hydrogen) atoms. The van der Waals surface area contributed by atoms with Gasteiger partial charge in [0, 0.05) is 18.7 Å². The highest BCUT2D eigenvalue weighted by molar-refractivity contribution is 7.92. The van der Waals surface area contributed by atoms with Gasteiger partial charge >= 0.3 is 0 Å². The second-order valence-electron chi connectivity index (χ2n) is 5.96. The lowest BCUT2D eigenvalue weighted by molar-refractivity contribution is 0.393. The van der Waals surface area contributed by atoms with Gasteiger partial charge in [0.1, 0.15) is 5.56 Å². The van der Waals surface area contributed by atoms with E-state index in [1.54, 1.807) is 0 Å². The van der Waals surface area contributed by atoms with Crippen LogP contribution < -0.4 is 10.3 Å². The van der Waals surface area contributed by atoms with E-state index in [2.05, 4.69) is 4.72 Å². The number of nitrogens with zero attached hydrogens (tertiary/aromatic N) is 2. The predicted molar refractivity (Wildman–Crippen MR) is 96.4 cm³/mol. The molecule has 0 spiro atoms. The summed E-state index contributed by atoms with van der Waals surface area (Å²) in [5.74, 6) is -0.679. The van der Waals surface area contributed by atoms with Crippen LogP contribution in [0.1, 0.15) is 19.3 Å². The molecule has 0 radical (unpaired) electrons. The first-order chi connectivity index (χ1) is 11.7. The van der Waals surface area contributed by atoms with Crippen molar-refractivity contribution in [1.29, 1.82) is 0 Å². The second kappa shape index (κ2) is 6.66. The molecule has 0 saturated carbocycles. The average Bonchev–Trinajstić information content (AvgIpc) is 2.69. The Balaban J connectivity index is 2.21. The van der Waals surface area contributed by atoms with Gasteiger partial charge in [-0.3, -0.25) is 14.2 Å². The first-order valence-electron chi connectivity index (χ1n) is 7.65. The van der Waals surface area contributed by atoms with Gasteiger partial charge < -0.3 is 0 Å². The number of benzene rings is 1. The van der Waals surface area contributed by atoms with Gasteiger partial charge in [-0.15, -0.1) is 0 Å². The van der Waals surface area contributed by atoms with Crippen molar-refractivity contribution in [1.82, 2.24) is 9.36 Å². The second-order valence-corrected chi connectivity index (χ2v) is 8.53. The molecule has 0 amide bonds. The molecule has 1 aromatic heterocycles. The van der Waals surface area contributed by atoms with Gasteiger partial charge in [-0.1, -0.05) is 23.2 Å². The van der Waals surface area contributed by atoms with E-state index in [-0.39, 0.29) is 26.9 Å². The van der Waals surface area contributed by atoms with Crippen LogP contribution in [-0.4, -0.2) is 24.0 Å². The van der Waals surface area contributed by atoms with Crippen LogP contribution in [0.15, 0.2) is 16.9 Å². The van der Waals surface area contributed by atoms with E-state index in [0.717, 1.165) is 25.5 Å². The third kappa shape index (κ3) is 3.56. The summed E-state index contributed by atoms with van der Waals surface area (Å²) in [6.07, 6.45) is 3.46. The van der Waals surface area contributed by atoms with Gasteiger partial charge in [-0.2, -0.15) is 4.39 Å². The molecule has 3 rings (SSSR count). The van der Waals surface area contributed by atoms with E-state index in [0.29, 0.717) is 13.1 Å². The number of nitrogens with one attached hydrogen (secondary N) is 1. The van der Waals surface area contributed by atoms with Crippen molar-refractivity contribution in [3.63, 3.8) is 0 Å². The van der Waals surface area contributed by atoms with Gasteiger partial charge in [0.15, 0.2) is 0 Å². The highest BCUT2D eigenvalue weighted by Crippen LogP contribution is 2.36. The minimum Gasteiger partial charge on any atom is -0.282 e. The molecule has 0 bridgehead atoms. The topological polar surface area (TPSA) is 73.1 Å². The zero-order valence-electron chi connectivity index (χ0n) is 13.4. The van der Waals surface area contributed by atoms with Crippen molar-refractivity contribution >= 4 is 38.9 Å². The zero-order chi connectivity index (χ0) is 18.4. The molecule has 2 aromatic rings. The number of halogens is 3. The van der Waals surface area contributed by atoms with Crippen LogP contribution in [0.5, 0.6) is 0 Å². The Kier molecular flexibility index (Phi) is 4.87. The maximum Gasteiger partial charge on any atom is 0.277 e. The molecule has 1 aliphatic heterocycles. The molecule has 1 aliphatic rings. The summed E-state index contributed by atoms with van der Waals surface area (Å²) in [6, 6.07) is 2.57. The molecule has 0 fully saturated rings. The first kappa shape index (κ1) is 18.3. The largest absolute Gasteiger partial charge is 0.282 e. The van der Waals surface area contributed by atoms with Crippen LogP contribution in [0.3, 0.4) is 0 Å². The molecule has 0 atom stereocenters. The number of hydrogen-bond donors (Lipinski definition) is 1. The highest BCUT2D eigenvalue weighted by atomic mass is 35.5. The quantitative estimate of drug-likeness (QED) is 0.847. The molecular weight excluding hydrogens is 392 g/mol. The van der Waals surface area contributed by atoms with Gasteiger partial charge in [0.2, 0.25) is 16.0 Å². The summed E-state index contributed by atoms with van der Waals surface area (Å²) in [5.41, 5.74) is -0.532.